The van der Waals surface area contributed by atoms with E-state index in [1.54, 1.807) is 0 Å². The summed E-state index contributed by atoms with van der Waals surface area (Å²) in [5, 5.41) is 0. The predicted octanol–water partition coefficient (Wildman–Crippen LogP) is 2.56. The Hall–Kier alpha value is -1.16. The lowest BCUT2D eigenvalue weighted by Gasteiger charge is -2.22. The van der Waals surface area contributed by atoms with Crippen molar-refractivity contribution in [2.24, 2.45) is 0 Å². The van der Waals surface area contributed by atoms with Gasteiger partial charge in [-0.2, -0.15) is 11.8 Å². The fourth-order valence-electron chi connectivity index (χ4n) is 2.19. The SMILES string of the molecule is CC1(C)CCN(C(=O)Cc2ccc(N)cc2)CCS1. The Morgan fingerprint density at radius 1 is 1.32 bits per heavy atom. The molecule has 1 amide bonds. The van der Waals surface area contributed by atoms with Crippen LogP contribution in [0.4, 0.5) is 5.69 Å². The van der Waals surface area contributed by atoms with Crippen LogP contribution in [-0.2, 0) is 11.2 Å². The van der Waals surface area contributed by atoms with Gasteiger partial charge in [-0.15, -0.1) is 0 Å². The van der Waals surface area contributed by atoms with Crippen molar-refractivity contribution in [3.63, 3.8) is 0 Å². The molecule has 3 nitrogen and oxygen atoms in total. The van der Waals surface area contributed by atoms with Gasteiger partial charge in [-0.3, -0.25) is 4.79 Å². The Morgan fingerprint density at radius 3 is 2.68 bits per heavy atom. The summed E-state index contributed by atoms with van der Waals surface area (Å²) in [5.41, 5.74) is 7.43. The van der Waals surface area contributed by atoms with Gasteiger partial charge in [-0.25, -0.2) is 0 Å². The summed E-state index contributed by atoms with van der Waals surface area (Å²) in [6, 6.07) is 7.57. The average molecular weight is 278 g/mol. The minimum absolute atomic E-state index is 0.225. The van der Waals surface area contributed by atoms with Gasteiger partial charge in [0.15, 0.2) is 0 Å². The van der Waals surface area contributed by atoms with Gasteiger partial charge in [0.1, 0.15) is 0 Å². The Balaban J connectivity index is 1.94. The number of nitrogens with zero attached hydrogens (tertiary/aromatic N) is 1. The Bertz CT molecular complexity index is 442. The van der Waals surface area contributed by atoms with Gasteiger partial charge < -0.3 is 10.6 Å². The fourth-order valence-corrected chi connectivity index (χ4v) is 3.29. The monoisotopic (exact) mass is 278 g/mol. The van der Waals surface area contributed by atoms with Crippen molar-refractivity contribution in [1.82, 2.24) is 4.90 Å². The number of rotatable bonds is 2. The van der Waals surface area contributed by atoms with E-state index >= 15 is 0 Å². The average Bonchev–Trinajstić information content (AvgIpc) is 2.53. The highest BCUT2D eigenvalue weighted by Crippen LogP contribution is 2.30. The maximum atomic E-state index is 12.3. The lowest BCUT2D eigenvalue weighted by molar-refractivity contribution is -0.130. The molecule has 1 aliphatic heterocycles. The molecule has 0 atom stereocenters. The molecule has 19 heavy (non-hydrogen) atoms. The number of hydrogen-bond acceptors (Lipinski definition) is 3. The van der Waals surface area contributed by atoms with E-state index in [9.17, 15) is 4.79 Å². The molecule has 1 heterocycles. The zero-order chi connectivity index (χ0) is 13.9. The molecular weight excluding hydrogens is 256 g/mol. The molecule has 0 aromatic heterocycles. The third-order valence-electron chi connectivity index (χ3n) is 3.53. The summed E-state index contributed by atoms with van der Waals surface area (Å²) in [4.78, 5) is 14.3. The number of hydrogen-bond donors (Lipinski definition) is 1. The molecule has 0 radical (unpaired) electrons. The van der Waals surface area contributed by atoms with Crippen LogP contribution in [0.1, 0.15) is 25.8 Å². The number of carbonyl (C=O) groups excluding carboxylic acids is 1. The molecule has 1 fully saturated rings. The third-order valence-corrected chi connectivity index (χ3v) is 4.90. The number of benzene rings is 1. The maximum Gasteiger partial charge on any atom is 0.227 e. The minimum atomic E-state index is 0.225. The van der Waals surface area contributed by atoms with Crippen LogP contribution in [0.5, 0.6) is 0 Å². The minimum Gasteiger partial charge on any atom is -0.399 e. The van der Waals surface area contributed by atoms with Crippen molar-refractivity contribution < 1.29 is 4.79 Å². The van der Waals surface area contributed by atoms with Gasteiger partial charge in [0.2, 0.25) is 5.91 Å². The zero-order valence-corrected chi connectivity index (χ0v) is 12.5. The summed E-state index contributed by atoms with van der Waals surface area (Å²) in [7, 11) is 0. The van der Waals surface area contributed by atoms with Gasteiger partial charge >= 0.3 is 0 Å². The van der Waals surface area contributed by atoms with E-state index in [2.05, 4.69) is 13.8 Å². The van der Waals surface area contributed by atoms with E-state index in [0.717, 1.165) is 36.5 Å². The Labute approximate surface area is 119 Å². The third kappa shape index (κ3) is 4.16. The van der Waals surface area contributed by atoms with Crippen LogP contribution in [0.2, 0.25) is 0 Å². The first kappa shape index (κ1) is 14.3. The number of anilines is 1. The molecular formula is C15H22N2OS. The standard InChI is InChI=1S/C15H22N2OS/c1-15(2)7-8-17(9-10-19-15)14(18)11-12-3-5-13(16)6-4-12/h3-6H,7-11,16H2,1-2H3. The lowest BCUT2D eigenvalue weighted by atomic mass is 10.1. The van der Waals surface area contributed by atoms with Crippen LogP contribution < -0.4 is 5.73 Å². The number of amides is 1. The van der Waals surface area contributed by atoms with Crippen molar-refractivity contribution in [3.05, 3.63) is 29.8 Å². The maximum absolute atomic E-state index is 12.3. The number of thioether (sulfide) groups is 1. The van der Waals surface area contributed by atoms with E-state index in [-0.39, 0.29) is 10.7 Å². The van der Waals surface area contributed by atoms with E-state index in [0.29, 0.717) is 6.42 Å². The predicted molar refractivity (Wildman–Crippen MR) is 82.3 cm³/mol. The first-order chi connectivity index (χ1) is 8.96. The van der Waals surface area contributed by atoms with Gasteiger partial charge in [-0.1, -0.05) is 26.0 Å². The second kappa shape index (κ2) is 5.87. The summed E-state index contributed by atoms with van der Waals surface area (Å²) in [5.74, 6) is 1.25. The molecule has 4 heteroatoms. The second-order valence-electron chi connectivity index (χ2n) is 5.66. The van der Waals surface area contributed by atoms with Gasteiger partial charge in [0, 0.05) is 29.3 Å². The Kier molecular flexibility index (Phi) is 4.40. The van der Waals surface area contributed by atoms with Gasteiger partial charge in [-0.05, 0) is 24.1 Å². The fraction of sp³-hybridized carbons (Fsp3) is 0.533. The summed E-state index contributed by atoms with van der Waals surface area (Å²) >= 11 is 1.96. The largest absolute Gasteiger partial charge is 0.399 e. The Morgan fingerprint density at radius 2 is 2.00 bits per heavy atom. The van der Waals surface area contributed by atoms with Crippen LogP contribution in [0.25, 0.3) is 0 Å². The summed E-state index contributed by atoms with van der Waals surface area (Å²) < 4.78 is 0.288. The molecule has 0 bridgehead atoms. The van der Waals surface area contributed by atoms with Crippen molar-refractivity contribution in [1.29, 1.82) is 0 Å². The van der Waals surface area contributed by atoms with Crippen molar-refractivity contribution >= 4 is 23.4 Å². The molecule has 0 spiro atoms. The molecule has 1 aliphatic rings. The van der Waals surface area contributed by atoms with Gasteiger partial charge in [0.25, 0.3) is 0 Å². The lowest BCUT2D eigenvalue weighted by Crippen LogP contribution is -2.34. The highest BCUT2D eigenvalue weighted by Gasteiger charge is 2.25. The highest BCUT2D eigenvalue weighted by molar-refractivity contribution is 8.00. The number of nitrogens with two attached hydrogens (primary N) is 1. The smallest absolute Gasteiger partial charge is 0.227 e. The molecule has 2 N–H and O–H groups in total. The quantitative estimate of drug-likeness (QED) is 0.846. The molecule has 1 aromatic rings. The van der Waals surface area contributed by atoms with Crippen molar-refractivity contribution in [3.8, 4) is 0 Å². The second-order valence-corrected chi connectivity index (χ2v) is 7.46. The molecule has 1 saturated heterocycles. The van der Waals surface area contributed by atoms with Crippen LogP contribution >= 0.6 is 11.8 Å². The van der Waals surface area contributed by atoms with Crippen molar-refractivity contribution in [2.75, 3.05) is 24.6 Å². The van der Waals surface area contributed by atoms with E-state index < -0.39 is 0 Å². The zero-order valence-electron chi connectivity index (χ0n) is 11.7. The topological polar surface area (TPSA) is 46.3 Å². The molecule has 0 aliphatic carbocycles. The molecule has 104 valence electrons. The number of nitrogen functional groups attached to an aromatic ring is 1. The van der Waals surface area contributed by atoms with E-state index in [1.165, 1.54) is 0 Å². The summed E-state index contributed by atoms with van der Waals surface area (Å²) in [6.45, 7) is 6.24. The van der Waals surface area contributed by atoms with Crippen LogP contribution in [0, 0.1) is 0 Å². The normalized spacial score (nSPS) is 18.9. The number of carbonyl (C=O) groups is 1. The first-order valence-electron chi connectivity index (χ1n) is 6.72. The molecule has 1 aromatic carbocycles. The van der Waals surface area contributed by atoms with Crippen molar-refractivity contribution in [2.45, 2.75) is 31.4 Å². The molecule has 0 saturated carbocycles. The van der Waals surface area contributed by atoms with Crippen LogP contribution in [0.15, 0.2) is 24.3 Å². The van der Waals surface area contributed by atoms with Crippen LogP contribution in [0.3, 0.4) is 0 Å². The first-order valence-corrected chi connectivity index (χ1v) is 7.71. The van der Waals surface area contributed by atoms with Crippen LogP contribution in [-0.4, -0.2) is 34.4 Å². The molecule has 0 unspecified atom stereocenters. The summed E-state index contributed by atoms with van der Waals surface area (Å²) in [6.07, 6.45) is 1.54. The molecule has 2 rings (SSSR count). The van der Waals surface area contributed by atoms with E-state index in [4.69, 9.17) is 5.73 Å². The van der Waals surface area contributed by atoms with Gasteiger partial charge in [0.05, 0.1) is 6.42 Å². The highest BCUT2D eigenvalue weighted by atomic mass is 32.2. The van der Waals surface area contributed by atoms with E-state index in [1.807, 2.05) is 40.9 Å².